The fourth-order valence-corrected chi connectivity index (χ4v) is 3.99. The van der Waals surface area contributed by atoms with Gasteiger partial charge in [-0.15, -0.1) is 0 Å². The zero-order valence-electron chi connectivity index (χ0n) is 25.2. The molecular weight excluding hydrogens is 672 g/mol. The highest BCUT2D eigenvalue weighted by Gasteiger charge is 2.34. The maximum atomic E-state index is 12.8. The van der Waals surface area contributed by atoms with Crippen LogP contribution in [-0.2, 0) is 57.5 Å². The van der Waals surface area contributed by atoms with E-state index in [0.717, 1.165) is 0 Å². The Balaban J connectivity index is 5.63. The lowest BCUT2D eigenvalue weighted by atomic mass is 9.89. The van der Waals surface area contributed by atoms with Crippen LogP contribution in [-0.4, -0.2) is 131 Å². The summed E-state index contributed by atoms with van der Waals surface area (Å²) in [5.41, 5.74) is 5.39. The average molecular weight is 707 g/mol. The minimum absolute atomic E-state index is 0.836. The van der Waals surface area contributed by atoms with Gasteiger partial charge in [-0.2, -0.15) is 0 Å². The largest absolute Gasteiger partial charge is 0.481 e. The Morgan fingerprint density at radius 2 is 0.816 bits per heavy atom. The van der Waals surface area contributed by atoms with Gasteiger partial charge in [0.2, 0.25) is 17.7 Å². The molecule has 0 aliphatic carbocycles. The number of carboxylic acids is 7. The number of carboxylic acid groups (broad SMARTS) is 7. The predicted molar refractivity (Wildman–Crippen MR) is 151 cm³/mol. The molecular formula is C26H34N4O19. The highest BCUT2D eigenvalue weighted by molar-refractivity contribution is 5.96. The van der Waals surface area contributed by atoms with E-state index in [2.05, 4.69) is 0 Å². The number of nitrogens with one attached hydrogen (secondary N) is 3. The number of aliphatic carboxylic acids is 7. The third-order valence-corrected chi connectivity index (χ3v) is 6.38. The molecule has 0 radical (unpaired) electrons. The molecule has 0 aromatic rings. The van der Waals surface area contributed by atoms with Crippen molar-refractivity contribution in [3.8, 4) is 0 Å². The summed E-state index contributed by atoms with van der Waals surface area (Å²) in [4.78, 5) is 141. The molecule has 0 rings (SSSR count). The number of nitrogens with two attached hydrogens (primary N) is 1. The molecule has 0 aromatic heterocycles. The van der Waals surface area contributed by atoms with Crippen molar-refractivity contribution in [3.63, 3.8) is 0 Å². The first kappa shape index (κ1) is 43.0. The zero-order valence-corrected chi connectivity index (χ0v) is 25.2. The summed E-state index contributed by atoms with van der Waals surface area (Å²) in [5.74, 6) is -21.8. The molecule has 0 aliphatic rings. The molecule has 272 valence electrons. The van der Waals surface area contributed by atoms with E-state index in [-0.39, 0.29) is 0 Å². The average Bonchev–Trinajstić information content (AvgIpc) is 2.94. The van der Waals surface area contributed by atoms with Gasteiger partial charge in [0.25, 0.3) is 0 Å². The molecule has 6 unspecified atom stereocenters. The number of hydrogen-bond acceptors (Lipinski definition) is 13. The molecule has 49 heavy (non-hydrogen) atoms. The van der Waals surface area contributed by atoms with Crippen LogP contribution in [0.15, 0.2) is 0 Å². The number of hydrogen-bond donors (Lipinski definition) is 11. The van der Waals surface area contributed by atoms with Crippen LogP contribution in [0.25, 0.3) is 0 Å². The molecule has 0 fully saturated rings. The van der Waals surface area contributed by atoms with Crippen LogP contribution in [0.1, 0.15) is 51.4 Å². The highest BCUT2D eigenvalue weighted by Crippen LogP contribution is 2.18. The van der Waals surface area contributed by atoms with Gasteiger partial charge in [-0.25, -0.2) is 14.4 Å². The van der Waals surface area contributed by atoms with Crippen LogP contribution in [0.3, 0.4) is 0 Å². The van der Waals surface area contributed by atoms with Crippen molar-refractivity contribution >= 4 is 71.1 Å². The molecule has 0 bridgehead atoms. The standard InChI is InChI=1S/C26H34N4O19/c27-12(5-20(37)38)16(32)3-10(23(42)43)2-11(31)1-9(4-19(35)36)22(41)30-14(25(46)47)7-18(34)28-13(24(44)45)6-17(33)29-15(26(48)49)8-21(39)40/h9-10,12-15H,1-8,27H2,(H,28,34)(H,29,33)(H,30,41)(H,35,36)(H,37,38)(H,39,40)(H,42,43)(H,44,45)(H,46,47)(H,48,49). The molecule has 0 saturated heterocycles. The summed E-state index contributed by atoms with van der Waals surface area (Å²) in [5, 5.41) is 69.1. The van der Waals surface area contributed by atoms with Gasteiger partial charge < -0.3 is 57.4 Å². The van der Waals surface area contributed by atoms with Gasteiger partial charge in [0.05, 0.1) is 50.0 Å². The van der Waals surface area contributed by atoms with Crippen molar-refractivity contribution in [3.05, 3.63) is 0 Å². The first-order valence-corrected chi connectivity index (χ1v) is 13.8. The Bertz CT molecular complexity index is 1360. The van der Waals surface area contributed by atoms with Gasteiger partial charge >= 0.3 is 41.8 Å². The van der Waals surface area contributed by atoms with Crippen molar-refractivity contribution in [2.75, 3.05) is 0 Å². The fourth-order valence-electron chi connectivity index (χ4n) is 3.99. The summed E-state index contributed by atoms with van der Waals surface area (Å²) in [7, 11) is 0. The number of rotatable bonds is 25. The highest BCUT2D eigenvalue weighted by atomic mass is 16.4. The number of Topliss-reactive ketones (excluding diaryl/α,β-unsaturated/α-hetero) is 2. The van der Waals surface area contributed by atoms with E-state index in [1.165, 1.54) is 0 Å². The second kappa shape index (κ2) is 20.3. The molecule has 0 heterocycles. The first-order valence-electron chi connectivity index (χ1n) is 13.8. The quantitative estimate of drug-likeness (QED) is 0.0429. The van der Waals surface area contributed by atoms with E-state index >= 15 is 0 Å². The molecule has 0 aromatic carbocycles. The lowest BCUT2D eigenvalue weighted by Gasteiger charge is -2.21. The molecule has 0 saturated carbocycles. The van der Waals surface area contributed by atoms with Crippen LogP contribution in [0.4, 0.5) is 0 Å². The Morgan fingerprint density at radius 1 is 0.429 bits per heavy atom. The van der Waals surface area contributed by atoms with Gasteiger partial charge in [-0.3, -0.25) is 43.2 Å². The Morgan fingerprint density at radius 3 is 1.20 bits per heavy atom. The summed E-state index contributed by atoms with van der Waals surface area (Å²) in [6, 6.07) is -7.86. The lowest BCUT2D eigenvalue weighted by molar-refractivity contribution is -0.148. The van der Waals surface area contributed by atoms with Gasteiger partial charge in [-0.05, 0) is 0 Å². The molecule has 3 amide bonds. The van der Waals surface area contributed by atoms with Gasteiger partial charge in [0, 0.05) is 19.3 Å². The molecule has 23 heteroatoms. The van der Waals surface area contributed by atoms with Crippen molar-refractivity contribution in [1.29, 1.82) is 0 Å². The minimum Gasteiger partial charge on any atom is -0.481 e. The Labute approximate surface area is 273 Å². The number of carbonyl (C=O) groups is 12. The summed E-state index contributed by atoms with van der Waals surface area (Å²) in [6.07, 6.45) is -8.22. The third-order valence-electron chi connectivity index (χ3n) is 6.38. The maximum absolute atomic E-state index is 12.8. The van der Waals surface area contributed by atoms with Crippen LogP contribution < -0.4 is 21.7 Å². The monoisotopic (exact) mass is 706 g/mol. The summed E-state index contributed by atoms with van der Waals surface area (Å²) >= 11 is 0. The van der Waals surface area contributed by atoms with Gasteiger partial charge in [-0.1, -0.05) is 0 Å². The molecule has 6 atom stereocenters. The fraction of sp³-hybridized carbons (Fsp3) is 0.538. The van der Waals surface area contributed by atoms with Crippen LogP contribution >= 0.6 is 0 Å². The zero-order chi connectivity index (χ0) is 38.2. The van der Waals surface area contributed by atoms with E-state index in [1.807, 2.05) is 0 Å². The van der Waals surface area contributed by atoms with Crippen LogP contribution in [0.2, 0.25) is 0 Å². The summed E-state index contributed by atoms with van der Waals surface area (Å²) < 4.78 is 0. The maximum Gasteiger partial charge on any atom is 0.326 e. The second-order valence-corrected chi connectivity index (χ2v) is 10.5. The Hall–Kier alpha value is -6.00. The third kappa shape index (κ3) is 17.5. The SMILES string of the molecule is NC(CC(=O)O)C(=O)CC(CC(=O)CC(CC(=O)O)C(=O)NC(CC(=O)NC(CC(=O)NC(CC(=O)O)C(=O)O)C(=O)O)C(=O)O)C(=O)O. The molecule has 12 N–H and O–H groups in total. The summed E-state index contributed by atoms with van der Waals surface area (Å²) in [6.45, 7) is 0. The van der Waals surface area contributed by atoms with Crippen molar-refractivity contribution < 1.29 is 93.3 Å². The second-order valence-electron chi connectivity index (χ2n) is 10.5. The van der Waals surface area contributed by atoms with Crippen LogP contribution in [0, 0.1) is 11.8 Å². The van der Waals surface area contributed by atoms with Gasteiger partial charge in [0.1, 0.15) is 23.9 Å². The number of ketones is 2. The van der Waals surface area contributed by atoms with Gasteiger partial charge in [0.15, 0.2) is 5.78 Å². The van der Waals surface area contributed by atoms with Crippen molar-refractivity contribution in [2.45, 2.75) is 75.5 Å². The molecule has 0 aliphatic heterocycles. The smallest absolute Gasteiger partial charge is 0.326 e. The predicted octanol–water partition coefficient (Wildman–Crippen LogP) is -4.15. The van der Waals surface area contributed by atoms with E-state index in [1.54, 1.807) is 16.0 Å². The van der Waals surface area contributed by atoms with E-state index in [0.29, 0.717) is 0 Å². The minimum atomic E-state index is -2.19. The lowest BCUT2D eigenvalue weighted by Crippen LogP contribution is -2.50. The normalized spacial score (nSPS) is 14.3. The van der Waals surface area contributed by atoms with Crippen molar-refractivity contribution in [2.24, 2.45) is 17.6 Å². The molecule has 23 nitrogen and oxygen atoms in total. The molecule has 0 spiro atoms. The van der Waals surface area contributed by atoms with E-state index in [4.69, 9.17) is 21.1 Å². The first-order chi connectivity index (χ1) is 22.5. The van der Waals surface area contributed by atoms with Crippen LogP contribution in [0.5, 0.6) is 0 Å². The topological polar surface area (TPSA) is 409 Å². The van der Waals surface area contributed by atoms with Crippen molar-refractivity contribution in [1.82, 2.24) is 16.0 Å². The number of amides is 3. The van der Waals surface area contributed by atoms with E-state index < -0.39 is 158 Å². The number of carbonyl (C=O) groups excluding carboxylic acids is 5. The van der Waals surface area contributed by atoms with E-state index in [9.17, 15) is 78.0 Å². The Kier molecular flexibility index (Phi) is 17.8.